The number of hydrogen-bond acceptors (Lipinski definition) is 5. The van der Waals surface area contributed by atoms with Crippen LogP contribution in [0.15, 0.2) is 24.5 Å². The molecule has 128 valence electrons. The first-order valence-corrected chi connectivity index (χ1v) is 8.16. The van der Waals surface area contributed by atoms with E-state index >= 15 is 0 Å². The molecule has 1 N–H and O–H groups in total. The van der Waals surface area contributed by atoms with Gasteiger partial charge in [-0.05, 0) is 24.7 Å². The lowest BCUT2D eigenvalue weighted by Gasteiger charge is -2.39. The second-order valence-corrected chi connectivity index (χ2v) is 6.30. The van der Waals surface area contributed by atoms with E-state index in [1.165, 1.54) is 0 Å². The predicted octanol–water partition coefficient (Wildman–Crippen LogP) is 0.792. The van der Waals surface area contributed by atoms with Crippen LogP contribution >= 0.6 is 0 Å². The van der Waals surface area contributed by atoms with Gasteiger partial charge in [-0.3, -0.25) is 9.58 Å². The predicted molar refractivity (Wildman–Crippen MR) is 90.2 cm³/mol. The molecule has 0 radical (unpaired) electrons. The Morgan fingerprint density at radius 1 is 1.42 bits per heavy atom. The van der Waals surface area contributed by atoms with Crippen LogP contribution in [0, 0.1) is 11.3 Å². The lowest BCUT2D eigenvalue weighted by atomic mass is 10.0. The summed E-state index contributed by atoms with van der Waals surface area (Å²) in [5.74, 6) is 0. The smallest absolute Gasteiger partial charge is 0.120 e. The average molecular weight is 328 g/mol. The van der Waals surface area contributed by atoms with Gasteiger partial charge in [-0.1, -0.05) is 0 Å². The van der Waals surface area contributed by atoms with Gasteiger partial charge in [-0.15, -0.1) is 0 Å². The summed E-state index contributed by atoms with van der Waals surface area (Å²) in [5.41, 5.74) is 2.94. The Hall–Kier alpha value is -2.14. The first-order chi connectivity index (χ1) is 11.6. The van der Waals surface area contributed by atoms with E-state index in [4.69, 9.17) is 10.00 Å². The van der Waals surface area contributed by atoms with Crippen molar-refractivity contribution < 1.29 is 4.74 Å². The number of nitrogens with one attached hydrogen (secondary N) is 1. The fourth-order valence-electron chi connectivity index (χ4n) is 3.32. The Bertz CT molecular complexity index is 728. The summed E-state index contributed by atoms with van der Waals surface area (Å²) in [6, 6.07) is 6.34. The topological polar surface area (TPSA) is 71.0 Å². The van der Waals surface area contributed by atoms with Crippen LogP contribution < -0.4 is 5.32 Å². The molecule has 7 nitrogen and oxygen atoms in total. The summed E-state index contributed by atoms with van der Waals surface area (Å²) in [5, 5.41) is 16.8. The molecule has 0 bridgehead atoms. The summed E-state index contributed by atoms with van der Waals surface area (Å²) in [4.78, 5) is 2.32. The molecular formula is C17H24N6O. The molecule has 0 aromatic carbocycles. The zero-order chi connectivity index (χ0) is 17.1. The van der Waals surface area contributed by atoms with Crippen molar-refractivity contribution in [2.24, 2.45) is 14.1 Å². The van der Waals surface area contributed by atoms with E-state index in [9.17, 15) is 0 Å². The average Bonchev–Trinajstić information content (AvgIpc) is 3.13. The molecule has 7 heteroatoms. The number of rotatable bonds is 5. The maximum atomic E-state index is 9.03. The number of aromatic nitrogens is 3. The van der Waals surface area contributed by atoms with Crippen LogP contribution in [0.3, 0.4) is 0 Å². The van der Waals surface area contributed by atoms with Gasteiger partial charge in [0.2, 0.25) is 0 Å². The van der Waals surface area contributed by atoms with E-state index in [1.54, 1.807) is 0 Å². The van der Waals surface area contributed by atoms with E-state index < -0.39 is 0 Å². The van der Waals surface area contributed by atoms with Crippen LogP contribution in [-0.4, -0.2) is 52.1 Å². The van der Waals surface area contributed by atoms with Crippen molar-refractivity contribution in [1.82, 2.24) is 24.6 Å². The van der Waals surface area contributed by atoms with Crippen molar-refractivity contribution in [3.05, 3.63) is 41.5 Å². The SMILES string of the molecule is CN1CCO[C@@H](CNCc2cc(C#N)n(C)c2)[C@@H]1c1ccnn1C. The number of aryl methyl sites for hydroxylation is 2. The summed E-state index contributed by atoms with van der Waals surface area (Å²) in [6.45, 7) is 3.12. The minimum atomic E-state index is 0.0679. The van der Waals surface area contributed by atoms with Crippen molar-refractivity contribution in [3.8, 4) is 6.07 Å². The Morgan fingerprint density at radius 2 is 2.25 bits per heavy atom. The highest BCUT2D eigenvalue weighted by Gasteiger charge is 2.33. The minimum Gasteiger partial charge on any atom is -0.374 e. The largest absolute Gasteiger partial charge is 0.374 e. The van der Waals surface area contributed by atoms with Crippen LogP contribution in [-0.2, 0) is 25.4 Å². The molecule has 1 aliphatic rings. The number of morpholine rings is 1. The van der Waals surface area contributed by atoms with E-state index in [-0.39, 0.29) is 12.1 Å². The summed E-state index contributed by atoms with van der Waals surface area (Å²) in [7, 11) is 5.99. The number of nitriles is 1. The zero-order valence-corrected chi connectivity index (χ0v) is 14.4. The molecule has 2 atom stereocenters. The van der Waals surface area contributed by atoms with Crippen molar-refractivity contribution >= 4 is 0 Å². The lowest BCUT2D eigenvalue weighted by Crippen LogP contribution is -2.48. The summed E-state index contributed by atoms with van der Waals surface area (Å²) >= 11 is 0. The fraction of sp³-hybridized carbons (Fsp3) is 0.529. The number of nitrogens with zero attached hydrogens (tertiary/aromatic N) is 5. The molecule has 1 fully saturated rings. The number of likely N-dealkylation sites (N-methyl/N-ethyl adjacent to an activating group) is 1. The maximum Gasteiger partial charge on any atom is 0.120 e. The molecule has 0 amide bonds. The van der Waals surface area contributed by atoms with Crippen molar-refractivity contribution in [2.75, 3.05) is 26.7 Å². The van der Waals surface area contributed by atoms with E-state index in [0.717, 1.165) is 37.5 Å². The number of hydrogen-bond donors (Lipinski definition) is 1. The molecule has 1 aliphatic heterocycles. The van der Waals surface area contributed by atoms with E-state index in [2.05, 4.69) is 34.5 Å². The Balaban J connectivity index is 1.64. The van der Waals surface area contributed by atoms with Crippen LogP contribution in [0.1, 0.15) is 23.0 Å². The van der Waals surface area contributed by atoms with Crippen molar-refractivity contribution in [2.45, 2.75) is 18.7 Å². The monoisotopic (exact) mass is 328 g/mol. The zero-order valence-electron chi connectivity index (χ0n) is 14.4. The quantitative estimate of drug-likeness (QED) is 0.879. The third-order valence-corrected chi connectivity index (χ3v) is 4.62. The highest BCUT2D eigenvalue weighted by atomic mass is 16.5. The lowest BCUT2D eigenvalue weighted by molar-refractivity contribution is -0.0638. The molecule has 2 aromatic heterocycles. The Kier molecular flexibility index (Phi) is 5.00. The molecule has 2 aromatic rings. The van der Waals surface area contributed by atoms with E-state index in [0.29, 0.717) is 5.69 Å². The second kappa shape index (κ2) is 7.18. The third kappa shape index (κ3) is 3.36. The summed E-state index contributed by atoms with van der Waals surface area (Å²) in [6.07, 6.45) is 3.88. The van der Waals surface area contributed by atoms with Gasteiger partial charge in [0, 0.05) is 46.1 Å². The highest BCUT2D eigenvalue weighted by molar-refractivity contribution is 5.28. The van der Waals surface area contributed by atoms with Crippen LogP contribution in [0.25, 0.3) is 0 Å². The summed E-state index contributed by atoms with van der Waals surface area (Å²) < 4.78 is 9.79. The van der Waals surface area contributed by atoms with Crippen LogP contribution in [0.5, 0.6) is 0 Å². The normalized spacial score (nSPS) is 21.8. The fourth-order valence-corrected chi connectivity index (χ4v) is 3.32. The van der Waals surface area contributed by atoms with Gasteiger partial charge in [0.25, 0.3) is 0 Å². The maximum absolute atomic E-state index is 9.03. The van der Waals surface area contributed by atoms with Crippen LogP contribution in [0.4, 0.5) is 0 Å². The van der Waals surface area contributed by atoms with Gasteiger partial charge in [0.05, 0.1) is 24.4 Å². The van der Waals surface area contributed by atoms with E-state index in [1.807, 2.05) is 41.8 Å². The van der Waals surface area contributed by atoms with Gasteiger partial charge in [-0.2, -0.15) is 10.4 Å². The second-order valence-electron chi connectivity index (χ2n) is 6.30. The molecule has 3 rings (SSSR count). The molecule has 0 spiro atoms. The van der Waals surface area contributed by atoms with Gasteiger partial charge >= 0.3 is 0 Å². The first-order valence-electron chi connectivity index (χ1n) is 8.16. The molecular weight excluding hydrogens is 304 g/mol. The van der Waals surface area contributed by atoms with Gasteiger partial charge in [0.15, 0.2) is 0 Å². The van der Waals surface area contributed by atoms with Gasteiger partial charge in [0.1, 0.15) is 11.8 Å². The minimum absolute atomic E-state index is 0.0679. The standard InChI is InChI=1S/C17H24N6O/c1-21-6-7-24-16(17(21)15-4-5-20-23(15)3)11-19-10-13-8-14(9-18)22(2)12-13/h4-5,8,12,16-17,19H,6-7,10-11H2,1-3H3/t16-,17-/m0/s1. The Morgan fingerprint density at radius 3 is 2.92 bits per heavy atom. The molecule has 3 heterocycles. The molecule has 1 saturated heterocycles. The van der Waals surface area contributed by atoms with Gasteiger partial charge < -0.3 is 14.6 Å². The van der Waals surface area contributed by atoms with Crippen LogP contribution in [0.2, 0.25) is 0 Å². The molecule has 0 aliphatic carbocycles. The molecule has 24 heavy (non-hydrogen) atoms. The van der Waals surface area contributed by atoms with Crippen molar-refractivity contribution in [1.29, 1.82) is 5.26 Å². The van der Waals surface area contributed by atoms with Gasteiger partial charge in [-0.25, -0.2) is 0 Å². The third-order valence-electron chi connectivity index (χ3n) is 4.62. The number of ether oxygens (including phenoxy) is 1. The molecule has 0 unspecified atom stereocenters. The molecule has 0 saturated carbocycles. The van der Waals surface area contributed by atoms with Crippen molar-refractivity contribution in [3.63, 3.8) is 0 Å². The highest BCUT2D eigenvalue weighted by Crippen LogP contribution is 2.27. The Labute approximate surface area is 142 Å². The first kappa shape index (κ1) is 16.7.